The molecule has 86 valence electrons. The Hall–Kier alpha value is -0.880. The number of ketones is 1. The van der Waals surface area contributed by atoms with Gasteiger partial charge in [0.05, 0.1) is 15.1 Å². The van der Waals surface area contributed by atoms with Crippen LogP contribution in [-0.4, -0.2) is 22.3 Å². The highest BCUT2D eigenvalue weighted by Gasteiger charge is 2.14. The second-order valence-corrected chi connectivity index (χ2v) is 4.52. The Kier molecular flexibility index (Phi) is 4.95. The maximum Gasteiger partial charge on any atom is 0.283 e. The van der Waals surface area contributed by atoms with Gasteiger partial charge in [-0.3, -0.25) is 14.9 Å². The maximum absolute atomic E-state index is 11.2. The van der Waals surface area contributed by atoms with Gasteiger partial charge in [-0.25, -0.2) is 0 Å². The summed E-state index contributed by atoms with van der Waals surface area (Å²) in [7, 11) is 0. The lowest BCUT2D eigenvalue weighted by atomic mass is 10.1. The summed E-state index contributed by atoms with van der Waals surface area (Å²) in [6.07, 6.45) is 2.01. The molecule has 16 heavy (non-hydrogen) atoms. The number of Topliss-reactive ketones (excluding diaryl/α,β-unsaturated/α-hetero) is 1. The Morgan fingerprint density at radius 3 is 2.75 bits per heavy atom. The van der Waals surface area contributed by atoms with Gasteiger partial charge in [-0.2, -0.15) is 0 Å². The van der Waals surface area contributed by atoms with Crippen LogP contribution in [0.5, 0.6) is 0 Å². The van der Waals surface area contributed by atoms with Gasteiger partial charge in [0.15, 0.2) is 0 Å². The quantitative estimate of drug-likeness (QED) is 0.363. The number of rotatable bonds is 5. The highest BCUT2D eigenvalue weighted by atomic mass is 79.9. The van der Waals surface area contributed by atoms with Crippen LogP contribution in [0.2, 0.25) is 0 Å². The van der Waals surface area contributed by atoms with E-state index < -0.39 is 4.92 Å². The van der Waals surface area contributed by atoms with E-state index in [4.69, 9.17) is 0 Å². The van der Waals surface area contributed by atoms with Crippen molar-refractivity contribution in [2.45, 2.75) is 11.3 Å². The molecule has 1 aromatic carbocycles. The van der Waals surface area contributed by atoms with Crippen LogP contribution in [-0.2, 0) is 11.2 Å². The van der Waals surface area contributed by atoms with E-state index in [0.29, 0.717) is 10.5 Å². The molecule has 0 aliphatic carbocycles. The second kappa shape index (κ2) is 6.00. The van der Waals surface area contributed by atoms with E-state index in [0.717, 1.165) is 0 Å². The Morgan fingerprint density at radius 2 is 2.25 bits per heavy atom. The van der Waals surface area contributed by atoms with Gasteiger partial charge in [0.25, 0.3) is 5.69 Å². The van der Waals surface area contributed by atoms with Crippen LogP contribution in [0.1, 0.15) is 5.56 Å². The average molecular weight is 304 g/mol. The van der Waals surface area contributed by atoms with Crippen LogP contribution < -0.4 is 0 Å². The number of nitrogens with zero attached hydrogens (tertiary/aromatic N) is 1. The summed E-state index contributed by atoms with van der Waals surface area (Å²) in [5.41, 5.74) is 0.737. The van der Waals surface area contributed by atoms with Crippen LogP contribution in [0.3, 0.4) is 0 Å². The lowest BCUT2D eigenvalue weighted by molar-refractivity contribution is -0.387. The summed E-state index contributed by atoms with van der Waals surface area (Å²) in [5.74, 6) is 0.00574. The molecule has 4 nitrogen and oxygen atoms in total. The Labute approximate surface area is 106 Å². The van der Waals surface area contributed by atoms with Crippen LogP contribution >= 0.6 is 27.7 Å². The van der Waals surface area contributed by atoms with E-state index in [1.807, 2.05) is 0 Å². The summed E-state index contributed by atoms with van der Waals surface area (Å²) in [6, 6.07) is 4.89. The van der Waals surface area contributed by atoms with Crippen molar-refractivity contribution in [3.63, 3.8) is 0 Å². The molecule has 0 bridgehead atoms. The first-order chi connectivity index (χ1) is 7.58. The summed E-state index contributed by atoms with van der Waals surface area (Å²) >= 11 is 4.38. The molecule has 0 aromatic heterocycles. The number of halogens is 1. The first kappa shape index (κ1) is 13.2. The molecular weight excluding hydrogens is 294 g/mol. The summed E-state index contributed by atoms with van der Waals surface area (Å²) in [5, 5.41) is 11.1. The minimum Gasteiger partial charge on any atom is -0.298 e. The van der Waals surface area contributed by atoms with Crippen LogP contribution in [0.15, 0.2) is 23.1 Å². The first-order valence-electron chi connectivity index (χ1n) is 4.47. The van der Waals surface area contributed by atoms with Crippen molar-refractivity contribution in [3.05, 3.63) is 33.9 Å². The third-order valence-electron chi connectivity index (χ3n) is 1.99. The van der Waals surface area contributed by atoms with Crippen LogP contribution in [0.25, 0.3) is 0 Å². The first-order valence-corrected chi connectivity index (χ1v) is 6.82. The van der Waals surface area contributed by atoms with E-state index in [1.54, 1.807) is 18.4 Å². The van der Waals surface area contributed by atoms with Gasteiger partial charge in [0.2, 0.25) is 0 Å². The number of carbonyl (C=O) groups excluding carboxylic acids is 1. The number of benzene rings is 1. The van der Waals surface area contributed by atoms with Gasteiger partial charge in [-0.1, -0.05) is 22.0 Å². The number of thioether (sulfide) groups is 1. The monoisotopic (exact) mass is 303 g/mol. The topological polar surface area (TPSA) is 60.2 Å². The van der Waals surface area contributed by atoms with Gasteiger partial charge in [0, 0.05) is 12.5 Å². The number of carbonyl (C=O) groups is 1. The van der Waals surface area contributed by atoms with Gasteiger partial charge < -0.3 is 0 Å². The molecule has 1 rings (SSSR count). The average Bonchev–Trinajstić information content (AvgIpc) is 2.28. The minimum atomic E-state index is -0.423. The zero-order valence-corrected chi connectivity index (χ0v) is 11.0. The lowest BCUT2D eigenvalue weighted by Crippen LogP contribution is -2.04. The van der Waals surface area contributed by atoms with Crippen molar-refractivity contribution in [2.24, 2.45) is 0 Å². The molecule has 0 heterocycles. The van der Waals surface area contributed by atoms with Gasteiger partial charge in [-0.15, -0.1) is 11.8 Å². The fourth-order valence-electron chi connectivity index (χ4n) is 1.26. The van der Waals surface area contributed by atoms with Gasteiger partial charge >= 0.3 is 0 Å². The number of nitro groups is 1. The van der Waals surface area contributed by atoms with Gasteiger partial charge in [-0.05, 0) is 17.9 Å². The van der Waals surface area contributed by atoms with E-state index in [2.05, 4.69) is 15.9 Å². The third-order valence-corrected chi connectivity index (χ3v) is 3.40. The number of hydrogen-bond acceptors (Lipinski definition) is 4. The van der Waals surface area contributed by atoms with Crippen LogP contribution in [0, 0.1) is 10.1 Å². The molecule has 0 saturated carbocycles. The number of nitro benzene ring substituents is 1. The molecule has 0 N–H and O–H groups in total. The van der Waals surface area contributed by atoms with Crippen LogP contribution in [0.4, 0.5) is 5.69 Å². The van der Waals surface area contributed by atoms with Crippen molar-refractivity contribution < 1.29 is 9.72 Å². The molecular formula is C10H10BrNO3S. The lowest BCUT2D eigenvalue weighted by Gasteiger charge is -2.02. The second-order valence-electron chi connectivity index (χ2n) is 3.11. The van der Waals surface area contributed by atoms with Crippen molar-refractivity contribution >= 4 is 39.2 Å². The van der Waals surface area contributed by atoms with E-state index in [9.17, 15) is 14.9 Å². The van der Waals surface area contributed by atoms with Crippen molar-refractivity contribution in [2.75, 3.05) is 11.6 Å². The summed E-state index contributed by atoms with van der Waals surface area (Å²) in [6.45, 7) is 0. The van der Waals surface area contributed by atoms with Crippen molar-refractivity contribution in [1.82, 2.24) is 0 Å². The molecule has 0 radical (unpaired) electrons. The highest BCUT2D eigenvalue weighted by Crippen LogP contribution is 2.28. The van der Waals surface area contributed by atoms with Crippen molar-refractivity contribution in [3.8, 4) is 0 Å². The number of hydrogen-bond donors (Lipinski definition) is 0. The van der Waals surface area contributed by atoms with Crippen molar-refractivity contribution in [1.29, 1.82) is 0 Å². The van der Waals surface area contributed by atoms with E-state index in [-0.39, 0.29) is 23.2 Å². The zero-order valence-electron chi connectivity index (χ0n) is 8.60. The molecule has 0 spiro atoms. The largest absolute Gasteiger partial charge is 0.298 e. The maximum atomic E-state index is 11.2. The minimum absolute atomic E-state index is 0.00574. The summed E-state index contributed by atoms with van der Waals surface area (Å²) in [4.78, 5) is 22.2. The molecule has 0 saturated heterocycles. The summed E-state index contributed by atoms with van der Waals surface area (Å²) < 4.78 is 0. The molecule has 0 aliphatic rings. The number of alkyl halides is 1. The third kappa shape index (κ3) is 3.31. The van der Waals surface area contributed by atoms with E-state index >= 15 is 0 Å². The standard InChI is InChI=1S/C10H10BrNO3S/c1-16-10-3-2-7(4-8(13)6-11)5-9(10)12(14)15/h2-3,5H,4,6H2,1H3. The fraction of sp³-hybridized carbons (Fsp3) is 0.300. The fourth-order valence-corrected chi connectivity index (χ4v) is 2.01. The SMILES string of the molecule is CSc1ccc(CC(=O)CBr)cc1[N+](=O)[O-]. The molecule has 0 atom stereocenters. The normalized spacial score (nSPS) is 10.1. The zero-order chi connectivity index (χ0) is 12.1. The molecule has 1 aromatic rings. The predicted octanol–water partition coefficient (Wildman–Crippen LogP) is 2.82. The van der Waals surface area contributed by atoms with Gasteiger partial charge in [0.1, 0.15) is 5.78 Å². The Balaban J connectivity index is 3.02. The van der Waals surface area contributed by atoms with E-state index in [1.165, 1.54) is 17.8 Å². The Bertz CT molecular complexity index is 423. The molecule has 0 amide bonds. The Morgan fingerprint density at radius 1 is 1.56 bits per heavy atom. The predicted molar refractivity (Wildman–Crippen MR) is 67.4 cm³/mol. The molecule has 0 aliphatic heterocycles. The highest BCUT2D eigenvalue weighted by molar-refractivity contribution is 9.09. The molecule has 6 heteroatoms. The smallest absolute Gasteiger partial charge is 0.283 e. The molecule has 0 unspecified atom stereocenters. The molecule has 0 fully saturated rings.